The number of esters is 1. The number of ketones is 1. The third kappa shape index (κ3) is 4.53. The van der Waals surface area contributed by atoms with Crippen LogP contribution in [0, 0.1) is 6.92 Å². The van der Waals surface area contributed by atoms with Gasteiger partial charge in [0.15, 0.2) is 5.78 Å². The Kier molecular flexibility index (Phi) is 6.99. The second-order valence-corrected chi connectivity index (χ2v) is 6.11. The maximum atomic E-state index is 12.3. The number of amides is 1. The minimum atomic E-state index is -0.565. The molecule has 0 bridgehead atoms. The van der Waals surface area contributed by atoms with E-state index in [0.29, 0.717) is 15.4 Å². The first-order valence-electron chi connectivity index (χ1n) is 6.66. The van der Waals surface area contributed by atoms with E-state index in [1.54, 1.807) is 32.8 Å². The van der Waals surface area contributed by atoms with Crippen molar-refractivity contribution in [3.63, 3.8) is 0 Å². The number of alkyl halides is 1. The molecule has 0 saturated heterocycles. The fraction of sp³-hybridized carbons (Fsp3) is 0.500. The van der Waals surface area contributed by atoms with Crippen molar-refractivity contribution in [1.29, 1.82) is 0 Å². The van der Waals surface area contributed by atoms with Crippen LogP contribution in [0.25, 0.3) is 0 Å². The summed E-state index contributed by atoms with van der Waals surface area (Å²) < 4.78 is 5.00. The first-order chi connectivity index (χ1) is 10.3. The number of ether oxygens (including phenoxy) is 1. The molecule has 0 spiro atoms. The molecule has 0 atom stereocenters. The number of anilines is 1. The predicted molar refractivity (Wildman–Crippen MR) is 87.2 cm³/mol. The van der Waals surface area contributed by atoms with E-state index in [9.17, 15) is 14.4 Å². The minimum Gasteiger partial charge on any atom is -0.462 e. The first kappa shape index (κ1) is 18.6. The Bertz CT molecular complexity index is 584. The van der Waals surface area contributed by atoms with E-state index in [2.05, 4.69) is 5.32 Å². The molecule has 8 heteroatoms. The van der Waals surface area contributed by atoms with Crippen LogP contribution in [0.1, 0.15) is 32.5 Å². The van der Waals surface area contributed by atoms with Crippen LogP contribution >= 0.6 is 22.9 Å². The molecule has 0 aliphatic rings. The molecule has 0 saturated carbocycles. The Morgan fingerprint density at radius 1 is 1.32 bits per heavy atom. The summed E-state index contributed by atoms with van der Waals surface area (Å²) in [6.07, 6.45) is 0. The average molecular weight is 347 g/mol. The van der Waals surface area contributed by atoms with Gasteiger partial charge in [-0.1, -0.05) is 0 Å². The number of nitrogens with one attached hydrogen (secondary N) is 1. The van der Waals surface area contributed by atoms with Crippen molar-refractivity contribution in [1.82, 2.24) is 4.90 Å². The molecule has 1 heterocycles. The van der Waals surface area contributed by atoms with Crippen LogP contribution in [0.3, 0.4) is 0 Å². The van der Waals surface area contributed by atoms with Gasteiger partial charge < -0.3 is 15.0 Å². The Morgan fingerprint density at radius 2 is 1.95 bits per heavy atom. The van der Waals surface area contributed by atoms with Crippen LogP contribution in [-0.2, 0) is 9.53 Å². The van der Waals surface area contributed by atoms with Gasteiger partial charge in [-0.3, -0.25) is 9.59 Å². The fourth-order valence-corrected chi connectivity index (χ4v) is 3.04. The summed E-state index contributed by atoms with van der Waals surface area (Å²) in [6.45, 7) is 3.78. The summed E-state index contributed by atoms with van der Waals surface area (Å²) in [5.74, 6) is -1.37. The van der Waals surface area contributed by atoms with Crippen molar-refractivity contribution in [2.24, 2.45) is 0 Å². The van der Waals surface area contributed by atoms with Crippen LogP contribution < -0.4 is 5.32 Å². The highest BCUT2D eigenvalue weighted by atomic mass is 35.5. The zero-order chi connectivity index (χ0) is 16.9. The molecule has 1 rings (SSSR count). The van der Waals surface area contributed by atoms with E-state index in [-0.39, 0.29) is 30.4 Å². The van der Waals surface area contributed by atoms with Gasteiger partial charge in [0, 0.05) is 0 Å². The van der Waals surface area contributed by atoms with Crippen LogP contribution in [0.5, 0.6) is 0 Å². The molecule has 1 N–H and O–H groups in total. The molecule has 1 aromatic heterocycles. The van der Waals surface area contributed by atoms with Crippen LogP contribution in [0.15, 0.2) is 0 Å². The van der Waals surface area contributed by atoms with Gasteiger partial charge in [-0.15, -0.1) is 22.9 Å². The number of thiophene rings is 1. The molecule has 1 aromatic rings. The number of halogens is 1. The molecular formula is C14H19ClN2O4S. The Labute approximate surface area is 138 Å². The predicted octanol–water partition coefficient (Wildman–Crippen LogP) is 2.15. The highest BCUT2D eigenvalue weighted by Crippen LogP contribution is 2.34. The highest BCUT2D eigenvalue weighted by molar-refractivity contribution is 7.18. The second kappa shape index (κ2) is 8.26. The summed E-state index contributed by atoms with van der Waals surface area (Å²) in [5, 5.41) is 2.85. The molecule has 122 valence electrons. The van der Waals surface area contributed by atoms with Gasteiger partial charge in [0.1, 0.15) is 10.9 Å². The Morgan fingerprint density at radius 3 is 2.45 bits per heavy atom. The lowest BCUT2D eigenvalue weighted by molar-refractivity contribution is -0.113. The largest absolute Gasteiger partial charge is 0.462 e. The molecule has 1 amide bonds. The summed E-state index contributed by atoms with van der Waals surface area (Å²) in [6, 6.07) is 0. The van der Waals surface area contributed by atoms with Gasteiger partial charge in [-0.05, 0) is 33.5 Å². The number of Topliss-reactive ketones (excluding diaryl/α,β-unsaturated/α-hetero) is 1. The Hall–Kier alpha value is -1.44. The molecular weight excluding hydrogens is 328 g/mol. The summed E-state index contributed by atoms with van der Waals surface area (Å²) in [5.41, 5.74) is 0.729. The number of hydrogen-bond acceptors (Lipinski definition) is 6. The van der Waals surface area contributed by atoms with E-state index < -0.39 is 11.9 Å². The molecule has 0 fully saturated rings. The highest BCUT2D eigenvalue weighted by Gasteiger charge is 2.26. The van der Waals surface area contributed by atoms with E-state index in [1.807, 2.05) is 0 Å². The van der Waals surface area contributed by atoms with Crippen molar-refractivity contribution in [3.05, 3.63) is 16.0 Å². The van der Waals surface area contributed by atoms with Gasteiger partial charge in [-0.2, -0.15) is 0 Å². The lowest BCUT2D eigenvalue weighted by Crippen LogP contribution is -2.21. The van der Waals surface area contributed by atoms with Gasteiger partial charge in [-0.25, -0.2) is 4.79 Å². The lowest BCUT2D eigenvalue weighted by Gasteiger charge is -2.07. The number of likely N-dealkylation sites (N-methyl/N-ethyl adjacent to an activating group) is 1. The number of carbonyl (C=O) groups is 3. The zero-order valence-electron chi connectivity index (χ0n) is 13.0. The zero-order valence-corrected chi connectivity index (χ0v) is 14.6. The lowest BCUT2D eigenvalue weighted by atomic mass is 10.1. The minimum absolute atomic E-state index is 0.121. The maximum absolute atomic E-state index is 12.3. The second-order valence-electron chi connectivity index (χ2n) is 4.82. The summed E-state index contributed by atoms with van der Waals surface area (Å²) >= 11 is 6.54. The van der Waals surface area contributed by atoms with Crippen molar-refractivity contribution in [2.75, 3.05) is 38.4 Å². The van der Waals surface area contributed by atoms with Gasteiger partial charge in [0.25, 0.3) is 0 Å². The number of hydrogen-bond donors (Lipinski definition) is 1. The van der Waals surface area contributed by atoms with E-state index in [4.69, 9.17) is 16.3 Å². The van der Waals surface area contributed by atoms with Gasteiger partial charge in [0.05, 0.1) is 23.6 Å². The van der Waals surface area contributed by atoms with Crippen molar-refractivity contribution < 1.29 is 19.1 Å². The molecule has 0 aliphatic carbocycles. The first-order valence-corrected chi connectivity index (χ1v) is 8.01. The average Bonchev–Trinajstić information content (AvgIpc) is 2.75. The third-order valence-electron chi connectivity index (χ3n) is 2.71. The van der Waals surface area contributed by atoms with E-state index >= 15 is 0 Å². The smallest absolute Gasteiger partial charge is 0.341 e. The maximum Gasteiger partial charge on any atom is 0.341 e. The monoisotopic (exact) mass is 346 g/mol. The third-order valence-corrected chi connectivity index (χ3v) is 4.20. The summed E-state index contributed by atoms with van der Waals surface area (Å²) in [7, 11) is 3.56. The van der Waals surface area contributed by atoms with Crippen molar-refractivity contribution in [3.8, 4) is 0 Å². The SMILES string of the molecule is CCOC(=O)c1c(NC(=O)CCl)sc(C(=O)CN(C)C)c1C. The van der Waals surface area contributed by atoms with Gasteiger partial charge in [0.2, 0.25) is 5.91 Å². The topological polar surface area (TPSA) is 75.7 Å². The van der Waals surface area contributed by atoms with Gasteiger partial charge >= 0.3 is 5.97 Å². The standard InChI is InChI=1S/C14H19ClN2O4S/c1-5-21-14(20)11-8(2)12(9(18)7-17(3)4)22-13(11)16-10(19)6-15/h5-7H2,1-4H3,(H,16,19). The normalized spacial score (nSPS) is 10.6. The van der Waals surface area contributed by atoms with E-state index in [0.717, 1.165) is 11.3 Å². The number of rotatable bonds is 7. The summed E-state index contributed by atoms with van der Waals surface area (Å²) in [4.78, 5) is 38.0. The number of carbonyl (C=O) groups excluding carboxylic acids is 3. The van der Waals surface area contributed by atoms with Crippen molar-refractivity contribution >= 4 is 45.6 Å². The molecule has 0 aliphatic heterocycles. The molecule has 0 aromatic carbocycles. The number of nitrogens with zero attached hydrogens (tertiary/aromatic N) is 1. The van der Waals surface area contributed by atoms with Crippen LogP contribution in [0.2, 0.25) is 0 Å². The van der Waals surface area contributed by atoms with Crippen molar-refractivity contribution in [2.45, 2.75) is 13.8 Å². The molecule has 6 nitrogen and oxygen atoms in total. The Balaban J connectivity index is 3.26. The van der Waals surface area contributed by atoms with Crippen LogP contribution in [-0.4, -0.2) is 55.7 Å². The fourth-order valence-electron chi connectivity index (χ4n) is 1.84. The molecule has 22 heavy (non-hydrogen) atoms. The quantitative estimate of drug-likeness (QED) is 0.465. The molecule has 0 unspecified atom stereocenters. The molecule has 0 radical (unpaired) electrons. The van der Waals surface area contributed by atoms with Crippen LogP contribution in [0.4, 0.5) is 5.00 Å². The van der Waals surface area contributed by atoms with E-state index in [1.165, 1.54) is 0 Å².